The predicted molar refractivity (Wildman–Crippen MR) is 44.2 cm³/mol. The van der Waals surface area contributed by atoms with Crippen LogP contribution in [0.2, 0.25) is 0 Å². The Balaban J connectivity index is 0. The number of aliphatic carboxylic acids is 3. The zero-order chi connectivity index (χ0) is 10.8. The van der Waals surface area contributed by atoms with Crippen molar-refractivity contribution in [2.24, 2.45) is 5.41 Å². The van der Waals surface area contributed by atoms with Gasteiger partial charge in [-0.15, -0.1) is 0 Å². The zero-order valence-corrected chi connectivity index (χ0v) is 6.59. The molecule has 0 amide bonds. The molecule has 0 rings (SSSR count). The van der Waals surface area contributed by atoms with Gasteiger partial charge in [0.15, 0.2) is 0 Å². The summed E-state index contributed by atoms with van der Waals surface area (Å²) in [5.41, 5.74) is -3.19. The molecule has 14 heavy (non-hydrogen) atoms. The molecule has 8 heteroatoms. The molecule has 0 aromatic heterocycles. The van der Waals surface area contributed by atoms with E-state index in [4.69, 9.17) is 20.4 Å². The fourth-order valence-corrected chi connectivity index (χ4v) is 0.811. The molecule has 0 saturated carbocycles. The topological polar surface area (TPSA) is 132 Å². The third-order valence-corrected chi connectivity index (χ3v) is 1.64. The first-order chi connectivity index (χ1) is 5.77. The molecule has 0 aromatic rings. The first kappa shape index (κ1) is 15.8. The molecular weight excluding hydrogens is 207 g/mol. The van der Waals surface area contributed by atoms with Crippen molar-refractivity contribution < 1.29 is 34.8 Å². The Labute approximate surface area is 101 Å². The predicted octanol–water partition coefficient (Wildman–Crippen LogP) is -2.04. The summed E-state index contributed by atoms with van der Waals surface area (Å²) < 4.78 is 0. The summed E-state index contributed by atoms with van der Waals surface area (Å²) in [5, 5.41) is 34.1. The molecule has 0 aromatic carbocycles. The minimum atomic E-state index is -3.19. The molecule has 7 nitrogen and oxygen atoms in total. The summed E-state index contributed by atoms with van der Waals surface area (Å²) in [7, 11) is 0. The fraction of sp³-hybridized carbons (Fsp3) is 0.500. The quantitative estimate of drug-likeness (QED) is 0.314. The average molecular weight is 216 g/mol. The van der Waals surface area contributed by atoms with Crippen LogP contribution in [0.1, 0.15) is 6.92 Å². The Hall–Kier alpha value is -0.630. The van der Waals surface area contributed by atoms with Crippen LogP contribution in [0.25, 0.3) is 0 Å². The van der Waals surface area contributed by atoms with Crippen molar-refractivity contribution >= 4 is 47.5 Å². The second-order valence-corrected chi connectivity index (χ2v) is 2.40. The molecule has 76 valence electrons. The van der Waals surface area contributed by atoms with Crippen LogP contribution < -0.4 is 0 Å². The molecule has 4 N–H and O–H groups in total. The van der Waals surface area contributed by atoms with E-state index in [0.29, 0.717) is 0 Å². The van der Waals surface area contributed by atoms with Crippen molar-refractivity contribution in [1.82, 2.24) is 0 Å². The van der Waals surface area contributed by atoms with Crippen LogP contribution in [0, 0.1) is 5.41 Å². The molecule has 0 fully saturated rings. The van der Waals surface area contributed by atoms with Crippen LogP contribution in [0.5, 0.6) is 0 Å². The molecule has 0 spiro atoms. The molecule has 0 radical (unpaired) electrons. The maximum atomic E-state index is 10.4. The SMILES string of the molecule is CC(O)C(C(=O)O)(C(=O)O)C(=O)O.[NaH]. The summed E-state index contributed by atoms with van der Waals surface area (Å²) >= 11 is 0. The van der Waals surface area contributed by atoms with Gasteiger partial charge >= 0.3 is 47.5 Å². The number of carbonyl (C=O) groups is 3. The van der Waals surface area contributed by atoms with Crippen molar-refractivity contribution in [2.75, 3.05) is 0 Å². The van der Waals surface area contributed by atoms with E-state index < -0.39 is 29.4 Å². The second-order valence-electron chi connectivity index (χ2n) is 2.40. The van der Waals surface area contributed by atoms with Crippen molar-refractivity contribution in [3.8, 4) is 0 Å². The van der Waals surface area contributed by atoms with E-state index in [0.717, 1.165) is 6.92 Å². The summed E-state index contributed by atoms with van der Waals surface area (Å²) in [5.74, 6) is -6.33. The first-order valence-corrected chi connectivity index (χ1v) is 3.16. The Morgan fingerprint density at radius 2 is 1.21 bits per heavy atom. The van der Waals surface area contributed by atoms with Gasteiger partial charge in [0.1, 0.15) is 0 Å². The van der Waals surface area contributed by atoms with E-state index in [1.165, 1.54) is 0 Å². The summed E-state index contributed by atoms with van der Waals surface area (Å²) in [6.45, 7) is 0.788. The second kappa shape index (κ2) is 5.30. The van der Waals surface area contributed by atoms with Gasteiger partial charge in [0.25, 0.3) is 5.41 Å². The van der Waals surface area contributed by atoms with Gasteiger partial charge in [0.2, 0.25) is 0 Å². The van der Waals surface area contributed by atoms with E-state index in [9.17, 15) is 14.4 Å². The van der Waals surface area contributed by atoms with Crippen LogP contribution in [-0.2, 0) is 14.4 Å². The Morgan fingerprint density at radius 1 is 1.00 bits per heavy atom. The summed E-state index contributed by atoms with van der Waals surface area (Å²) in [4.78, 5) is 31.3. The Bertz CT molecular complexity index is 223. The molecule has 0 saturated heterocycles. The van der Waals surface area contributed by atoms with Crippen molar-refractivity contribution in [1.29, 1.82) is 0 Å². The van der Waals surface area contributed by atoms with Gasteiger partial charge in [-0.1, -0.05) is 0 Å². The molecule has 1 unspecified atom stereocenters. The van der Waals surface area contributed by atoms with Crippen molar-refractivity contribution in [3.63, 3.8) is 0 Å². The number of carboxylic acids is 3. The van der Waals surface area contributed by atoms with Gasteiger partial charge in [-0.2, -0.15) is 0 Å². The van der Waals surface area contributed by atoms with Crippen LogP contribution in [0.4, 0.5) is 0 Å². The van der Waals surface area contributed by atoms with Gasteiger partial charge in [-0.05, 0) is 6.92 Å². The molecule has 0 heterocycles. The molecule has 0 aliphatic rings. The molecule has 0 aliphatic heterocycles. The number of aliphatic hydroxyl groups excluding tert-OH is 1. The third-order valence-electron chi connectivity index (χ3n) is 1.64. The molecular formula is C6H9NaO7. The van der Waals surface area contributed by atoms with Gasteiger partial charge < -0.3 is 20.4 Å². The third kappa shape index (κ3) is 2.24. The monoisotopic (exact) mass is 216 g/mol. The van der Waals surface area contributed by atoms with E-state index >= 15 is 0 Å². The summed E-state index contributed by atoms with van der Waals surface area (Å²) in [6, 6.07) is 0. The van der Waals surface area contributed by atoms with E-state index in [2.05, 4.69) is 0 Å². The van der Waals surface area contributed by atoms with Crippen molar-refractivity contribution in [3.05, 3.63) is 0 Å². The standard InChI is InChI=1S/C6H8O7.Na.H/c1-2(7)6(3(8)9,4(10)11)5(12)13;;/h2,7H,1H3,(H,8,9)(H,10,11)(H,12,13);;. The average Bonchev–Trinajstić information content (AvgIpc) is 1.82. The van der Waals surface area contributed by atoms with Gasteiger partial charge in [0.05, 0.1) is 6.10 Å². The Kier molecular flexibility index (Phi) is 5.99. The first-order valence-electron chi connectivity index (χ1n) is 3.16. The number of carboxylic acid groups (broad SMARTS) is 3. The normalized spacial score (nSPS) is 12.4. The van der Waals surface area contributed by atoms with E-state index in [1.54, 1.807) is 0 Å². The molecule has 0 bridgehead atoms. The van der Waals surface area contributed by atoms with Crippen LogP contribution in [0.15, 0.2) is 0 Å². The molecule has 0 aliphatic carbocycles. The van der Waals surface area contributed by atoms with Crippen LogP contribution in [-0.4, -0.2) is 74.0 Å². The van der Waals surface area contributed by atoms with E-state index in [-0.39, 0.29) is 29.6 Å². The van der Waals surface area contributed by atoms with Crippen LogP contribution >= 0.6 is 0 Å². The van der Waals surface area contributed by atoms with Crippen molar-refractivity contribution in [2.45, 2.75) is 13.0 Å². The number of aliphatic hydroxyl groups is 1. The van der Waals surface area contributed by atoms with Gasteiger partial charge in [-0.25, -0.2) is 0 Å². The molecule has 1 atom stereocenters. The minimum absolute atomic E-state index is 0. The number of hydrogen-bond acceptors (Lipinski definition) is 4. The van der Waals surface area contributed by atoms with Gasteiger partial charge in [-0.3, -0.25) is 14.4 Å². The number of hydrogen-bond donors (Lipinski definition) is 4. The van der Waals surface area contributed by atoms with Crippen LogP contribution in [0.3, 0.4) is 0 Å². The Morgan fingerprint density at radius 3 is 1.21 bits per heavy atom. The zero-order valence-electron chi connectivity index (χ0n) is 6.59. The van der Waals surface area contributed by atoms with Gasteiger partial charge in [0, 0.05) is 0 Å². The fourth-order valence-electron chi connectivity index (χ4n) is 0.811. The van der Waals surface area contributed by atoms with E-state index in [1.807, 2.05) is 0 Å². The summed E-state index contributed by atoms with van der Waals surface area (Å²) in [6.07, 6.45) is -2.03. The maximum absolute atomic E-state index is 10.4. The number of rotatable bonds is 4.